The van der Waals surface area contributed by atoms with Crippen molar-refractivity contribution in [3.05, 3.63) is 12.2 Å². The third-order valence-corrected chi connectivity index (χ3v) is 4.18. The maximum Gasteiger partial charge on any atom is 0.191 e. The van der Waals surface area contributed by atoms with Crippen LogP contribution in [0.2, 0.25) is 0 Å². The number of unbranched alkanes of at least 4 members (excludes halogenated alkanes) is 1. The number of nitrogens with zero attached hydrogens (tertiary/aromatic N) is 5. The van der Waals surface area contributed by atoms with Gasteiger partial charge < -0.3 is 19.9 Å². The summed E-state index contributed by atoms with van der Waals surface area (Å²) >= 11 is 0. The molecule has 1 saturated heterocycles. The molecule has 0 bridgehead atoms. The number of aryl methyl sites for hydroxylation is 1. The Morgan fingerprint density at radius 1 is 1.20 bits per heavy atom. The average Bonchev–Trinajstić information content (AvgIpc) is 3.08. The molecular weight excluding hydrogens is 433 g/mol. The van der Waals surface area contributed by atoms with E-state index in [1.54, 1.807) is 13.4 Å². The number of hydrogen-bond donors (Lipinski definition) is 2. The fourth-order valence-corrected chi connectivity index (χ4v) is 2.75. The molecule has 0 aliphatic carbocycles. The van der Waals surface area contributed by atoms with Gasteiger partial charge in [0.15, 0.2) is 5.96 Å². The van der Waals surface area contributed by atoms with E-state index in [-0.39, 0.29) is 24.0 Å². The fraction of sp³-hybridized carbons (Fsp3) is 0.812. The van der Waals surface area contributed by atoms with Gasteiger partial charge in [-0.15, -0.1) is 34.2 Å². The summed E-state index contributed by atoms with van der Waals surface area (Å²) in [6.45, 7) is 9.72. The number of guanidine groups is 1. The molecule has 0 aromatic carbocycles. The summed E-state index contributed by atoms with van der Waals surface area (Å²) in [6.07, 6.45) is 5.02. The smallest absolute Gasteiger partial charge is 0.191 e. The molecule has 2 heterocycles. The van der Waals surface area contributed by atoms with Gasteiger partial charge in [0, 0.05) is 46.2 Å². The van der Waals surface area contributed by atoms with E-state index in [1.807, 2.05) is 0 Å². The van der Waals surface area contributed by atoms with Crippen LogP contribution in [-0.4, -0.2) is 78.6 Å². The lowest BCUT2D eigenvalue weighted by atomic mass is 10.3. The lowest BCUT2D eigenvalue weighted by Gasteiger charge is -2.26. The molecular formula is C16H32IN7O. The van der Waals surface area contributed by atoms with Crippen LogP contribution in [0.25, 0.3) is 0 Å². The van der Waals surface area contributed by atoms with Crippen LogP contribution < -0.4 is 10.6 Å². The molecule has 1 aliphatic rings. The van der Waals surface area contributed by atoms with E-state index in [0.29, 0.717) is 0 Å². The number of rotatable bonds is 9. The highest BCUT2D eigenvalue weighted by Crippen LogP contribution is 1.99. The van der Waals surface area contributed by atoms with Crippen LogP contribution in [-0.2, 0) is 17.7 Å². The Morgan fingerprint density at radius 2 is 1.96 bits per heavy atom. The lowest BCUT2D eigenvalue weighted by molar-refractivity contribution is 0.0372. The molecule has 9 heteroatoms. The van der Waals surface area contributed by atoms with Crippen molar-refractivity contribution in [2.75, 3.05) is 53.0 Å². The summed E-state index contributed by atoms with van der Waals surface area (Å²) in [4.78, 5) is 6.74. The van der Waals surface area contributed by atoms with Crippen molar-refractivity contribution in [2.24, 2.45) is 4.99 Å². The van der Waals surface area contributed by atoms with E-state index in [0.717, 1.165) is 77.1 Å². The largest absolute Gasteiger partial charge is 0.379 e. The van der Waals surface area contributed by atoms with Crippen molar-refractivity contribution in [2.45, 2.75) is 32.7 Å². The van der Waals surface area contributed by atoms with Gasteiger partial charge in [0.1, 0.15) is 12.2 Å². The van der Waals surface area contributed by atoms with E-state index in [2.05, 4.69) is 42.2 Å². The Hall–Kier alpha value is -0.940. The number of aliphatic imine (C=N–C) groups is 1. The highest BCUT2D eigenvalue weighted by Gasteiger charge is 2.09. The number of aromatic nitrogens is 3. The minimum atomic E-state index is 0. The molecule has 25 heavy (non-hydrogen) atoms. The maximum absolute atomic E-state index is 5.36. The van der Waals surface area contributed by atoms with E-state index >= 15 is 0 Å². The van der Waals surface area contributed by atoms with Crippen molar-refractivity contribution < 1.29 is 4.74 Å². The highest BCUT2D eigenvalue weighted by atomic mass is 127. The van der Waals surface area contributed by atoms with Crippen LogP contribution in [0.4, 0.5) is 0 Å². The quantitative estimate of drug-likeness (QED) is 0.243. The van der Waals surface area contributed by atoms with Crippen LogP contribution in [0.1, 0.15) is 25.6 Å². The molecule has 2 rings (SSSR count). The van der Waals surface area contributed by atoms with Crippen LogP contribution in [0.3, 0.4) is 0 Å². The van der Waals surface area contributed by atoms with Gasteiger partial charge in [-0.05, 0) is 19.4 Å². The van der Waals surface area contributed by atoms with Crippen LogP contribution in [0.15, 0.2) is 11.3 Å². The average molecular weight is 465 g/mol. The third-order valence-electron chi connectivity index (χ3n) is 4.18. The Morgan fingerprint density at radius 3 is 2.68 bits per heavy atom. The SMILES string of the molecule is CCc1nncn1CCNC(=NC)NCCCCN1CCOCC1.I. The molecule has 0 radical (unpaired) electrons. The second kappa shape index (κ2) is 13.3. The van der Waals surface area contributed by atoms with Gasteiger partial charge in [-0.25, -0.2) is 0 Å². The maximum atomic E-state index is 5.36. The molecule has 1 aromatic rings. The lowest BCUT2D eigenvalue weighted by Crippen LogP contribution is -2.40. The molecule has 1 aliphatic heterocycles. The summed E-state index contributed by atoms with van der Waals surface area (Å²) < 4.78 is 7.44. The number of morpholine rings is 1. The molecule has 0 atom stereocenters. The molecule has 0 amide bonds. The fourth-order valence-electron chi connectivity index (χ4n) is 2.75. The molecule has 1 aromatic heterocycles. The second-order valence-corrected chi connectivity index (χ2v) is 5.88. The van der Waals surface area contributed by atoms with E-state index < -0.39 is 0 Å². The number of nitrogens with one attached hydrogen (secondary N) is 2. The summed E-state index contributed by atoms with van der Waals surface area (Å²) in [5.74, 6) is 1.87. The van der Waals surface area contributed by atoms with Gasteiger partial charge >= 0.3 is 0 Å². The zero-order valence-electron chi connectivity index (χ0n) is 15.4. The number of hydrogen-bond acceptors (Lipinski definition) is 5. The Bertz CT molecular complexity index is 489. The Balaban J connectivity index is 0.00000312. The first-order chi connectivity index (χ1) is 11.8. The molecule has 0 saturated carbocycles. The monoisotopic (exact) mass is 465 g/mol. The minimum Gasteiger partial charge on any atom is -0.379 e. The predicted molar refractivity (Wildman–Crippen MR) is 111 cm³/mol. The Labute approximate surface area is 167 Å². The molecule has 0 unspecified atom stereocenters. The van der Waals surface area contributed by atoms with Crippen LogP contribution >= 0.6 is 24.0 Å². The van der Waals surface area contributed by atoms with Gasteiger partial charge in [0.05, 0.1) is 13.2 Å². The summed E-state index contributed by atoms with van der Waals surface area (Å²) in [7, 11) is 1.80. The van der Waals surface area contributed by atoms with E-state index in [9.17, 15) is 0 Å². The Kier molecular flexibility index (Phi) is 11.7. The first-order valence-corrected chi connectivity index (χ1v) is 8.94. The zero-order chi connectivity index (χ0) is 17.0. The second-order valence-electron chi connectivity index (χ2n) is 5.88. The van der Waals surface area contributed by atoms with Crippen molar-refractivity contribution in [1.82, 2.24) is 30.3 Å². The van der Waals surface area contributed by atoms with E-state index in [1.165, 1.54) is 6.42 Å². The number of halogens is 1. The zero-order valence-corrected chi connectivity index (χ0v) is 17.7. The molecule has 2 N–H and O–H groups in total. The summed E-state index contributed by atoms with van der Waals surface area (Å²) in [5.41, 5.74) is 0. The highest BCUT2D eigenvalue weighted by molar-refractivity contribution is 14.0. The van der Waals surface area contributed by atoms with Crippen molar-refractivity contribution in [3.8, 4) is 0 Å². The van der Waals surface area contributed by atoms with Gasteiger partial charge in [0.25, 0.3) is 0 Å². The topological polar surface area (TPSA) is 79.6 Å². The normalized spacial score (nSPS) is 15.7. The predicted octanol–water partition coefficient (Wildman–Crippen LogP) is 0.736. The van der Waals surface area contributed by atoms with Gasteiger partial charge in [-0.2, -0.15) is 0 Å². The van der Waals surface area contributed by atoms with Crippen molar-refractivity contribution in [3.63, 3.8) is 0 Å². The van der Waals surface area contributed by atoms with Gasteiger partial charge in [0.2, 0.25) is 0 Å². The first kappa shape index (κ1) is 22.1. The first-order valence-electron chi connectivity index (χ1n) is 8.94. The molecule has 0 spiro atoms. The van der Waals surface area contributed by atoms with Crippen LogP contribution in [0.5, 0.6) is 0 Å². The summed E-state index contributed by atoms with van der Waals surface area (Å²) in [6, 6.07) is 0. The molecule has 1 fully saturated rings. The summed E-state index contributed by atoms with van der Waals surface area (Å²) in [5, 5.41) is 14.7. The van der Waals surface area contributed by atoms with Gasteiger partial charge in [-0.1, -0.05) is 6.92 Å². The standard InChI is InChI=1S/C16H31N7O.HI/c1-3-15-21-20-14-23(15)9-7-19-16(17-2)18-6-4-5-8-22-10-12-24-13-11-22;/h14H,3-13H2,1-2H3,(H2,17,18,19);1H. The minimum absolute atomic E-state index is 0. The van der Waals surface area contributed by atoms with Crippen molar-refractivity contribution in [1.29, 1.82) is 0 Å². The van der Waals surface area contributed by atoms with Crippen molar-refractivity contribution >= 4 is 29.9 Å². The third kappa shape index (κ3) is 8.32. The van der Waals surface area contributed by atoms with Crippen LogP contribution in [0, 0.1) is 0 Å². The van der Waals surface area contributed by atoms with E-state index in [4.69, 9.17) is 4.74 Å². The van der Waals surface area contributed by atoms with Gasteiger partial charge in [-0.3, -0.25) is 9.89 Å². The molecule has 144 valence electrons. The number of ether oxygens (including phenoxy) is 1. The molecule has 8 nitrogen and oxygen atoms in total.